The molecule has 0 unspecified atom stereocenters. The lowest BCUT2D eigenvalue weighted by Gasteiger charge is -2.10. The molecule has 0 heterocycles. The number of nitrogen functional groups attached to an aromatic ring is 1. The number of rotatable bonds is 4. The van der Waals surface area contributed by atoms with Crippen molar-refractivity contribution >= 4 is 23.4 Å². The zero-order valence-electron chi connectivity index (χ0n) is 12.6. The van der Waals surface area contributed by atoms with Crippen LogP contribution in [0.1, 0.15) is 28.4 Å². The van der Waals surface area contributed by atoms with E-state index in [9.17, 15) is 4.79 Å². The van der Waals surface area contributed by atoms with Gasteiger partial charge in [0.05, 0.1) is 0 Å². The van der Waals surface area contributed by atoms with Crippen molar-refractivity contribution in [2.24, 2.45) is 0 Å². The highest BCUT2D eigenvalue weighted by Gasteiger charge is 2.10. The molecule has 0 aliphatic rings. The zero-order valence-corrected chi connectivity index (χ0v) is 13.4. The normalized spacial score (nSPS) is 10.4. The molecule has 2 aromatic rings. The van der Waals surface area contributed by atoms with Crippen molar-refractivity contribution in [3.63, 3.8) is 0 Å². The van der Waals surface area contributed by atoms with E-state index in [0.717, 1.165) is 9.79 Å². The van der Waals surface area contributed by atoms with E-state index in [2.05, 4.69) is 37.4 Å². The Hall–Kier alpha value is -1.94. The lowest BCUT2D eigenvalue weighted by atomic mass is 10.2. The fraction of sp³-hybridized carbons (Fsp3) is 0.235. The standard InChI is InChI=1S/C17H20N2OS/c1-4-19-17(20)13-6-7-14(18)16(10-13)21-15-8-5-11(2)9-12(15)3/h5-10H,4,18H2,1-3H3,(H,19,20). The highest BCUT2D eigenvalue weighted by molar-refractivity contribution is 7.99. The summed E-state index contributed by atoms with van der Waals surface area (Å²) in [5, 5.41) is 2.80. The summed E-state index contributed by atoms with van der Waals surface area (Å²) in [7, 11) is 0. The maximum absolute atomic E-state index is 11.9. The van der Waals surface area contributed by atoms with Crippen LogP contribution in [0.4, 0.5) is 5.69 Å². The summed E-state index contributed by atoms with van der Waals surface area (Å²) in [6.07, 6.45) is 0. The topological polar surface area (TPSA) is 55.1 Å². The summed E-state index contributed by atoms with van der Waals surface area (Å²) < 4.78 is 0. The average Bonchev–Trinajstić information content (AvgIpc) is 2.44. The van der Waals surface area contributed by atoms with E-state index in [4.69, 9.17) is 5.73 Å². The number of aryl methyl sites for hydroxylation is 2. The van der Waals surface area contributed by atoms with Crippen molar-refractivity contribution in [3.05, 3.63) is 53.1 Å². The molecule has 0 aliphatic heterocycles. The Labute approximate surface area is 129 Å². The van der Waals surface area contributed by atoms with Gasteiger partial charge in [-0.1, -0.05) is 29.5 Å². The molecular formula is C17H20N2OS. The van der Waals surface area contributed by atoms with E-state index in [1.165, 1.54) is 11.1 Å². The molecule has 0 fully saturated rings. The van der Waals surface area contributed by atoms with Gasteiger partial charge in [0.2, 0.25) is 0 Å². The third-order valence-electron chi connectivity index (χ3n) is 3.16. The van der Waals surface area contributed by atoms with Crippen molar-refractivity contribution < 1.29 is 4.79 Å². The number of hydrogen-bond acceptors (Lipinski definition) is 3. The van der Waals surface area contributed by atoms with Gasteiger partial charge in [-0.25, -0.2) is 0 Å². The summed E-state index contributed by atoms with van der Waals surface area (Å²) >= 11 is 1.59. The van der Waals surface area contributed by atoms with Crippen LogP contribution < -0.4 is 11.1 Å². The van der Waals surface area contributed by atoms with Crippen LogP contribution in [-0.2, 0) is 0 Å². The number of nitrogens with one attached hydrogen (secondary N) is 1. The molecule has 0 aromatic heterocycles. The van der Waals surface area contributed by atoms with Crippen LogP contribution in [0.5, 0.6) is 0 Å². The molecule has 1 amide bonds. The lowest BCUT2D eigenvalue weighted by Crippen LogP contribution is -2.22. The van der Waals surface area contributed by atoms with Crippen molar-refractivity contribution in [1.82, 2.24) is 5.32 Å². The predicted octanol–water partition coefficient (Wildman–Crippen LogP) is 3.79. The molecule has 2 aromatic carbocycles. The molecule has 3 N–H and O–H groups in total. The molecule has 0 bridgehead atoms. The highest BCUT2D eigenvalue weighted by Crippen LogP contribution is 2.34. The first-order valence-corrected chi connectivity index (χ1v) is 7.75. The monoisotopic (exact) mass is 300 g/mol. The molecule has 21 heavy (non-hydrogen) atoms. The first-order chi connectivity index (χ1) is 10.0. The van der Waals surface area contributed by atoms with E-state index in [0.29, 0.717) is 17.8 Å². The Bertz CT molecular complexity index is 668. The van der Waals surface area contributed by atoms with Crippen LogP contribution in [0, 0.1) is 13.8 Å². The van der Waals surface area contributed by atoms with Gasteiger partial charge in [-0.3, -0.25) is 4.79 Å². The molecule has 0 radical (unpaired) electrons. The smallest absolute Gasteiger partial charge is 0.251 e. The van der Waals surface area contributed by atoms with Gasteiger partial charge in [0.1, 0.15) is 0 Å². The van der Waals surface area contributed by atoms with Crippen molar-refractivity contribution in [2.75, 3.05) is 12.3 Å². The van der Waals surface area contributed by atoms with Gasteiger partial charge in [0.25, 0.3) is 5.91 Å². The maximum atomic E-state index is 11.9. The molecule has 3 nitrogen and oxygen atoms in total. The molecule has 110 valence electrons. The second-order valence-corrected chi connectivity index (χ2v) is 6.07. The van der Waals surface area contributed by atoms with Gasteiger partial charge in [-0.15, -0.1) is 0 Å². The van der Waals surface area contributed by atoms with E-state index < -0.39 is 0 Å². The third kappa shape index (κ3) is 3.79. The fourth-order valence-corrected chi connectivity index (χ4v) is 3.02. The number of amides is 1. The van der Waals surface area contributed by atoms with Gasteiger partial charge >= 0.3 is 0 Å². The second-order valence-electron chi connectivity index (χ2n) is 4.98. The van der Waals surface area contributed by atoms with Crippen LogP contribution in [0.3, 0.4) is 0 Å². The summed E-state index contributed by atoms with van der Waals surface area (Å²) in [6, 6.07) is 11.7. The Kier molecular flexibility index (Phi) is 4.91. The summed E-state index contributed by atoms with van der Waals surface area (Å²) in [4.78, 5) is 14.0. The molecule has 0 saturated heterocycles. The van der Waals surface area contributed by atoms with E-state index in [1.54, 1.807) is 23.9 Å². The van der Waals surface area contributed by atoms with E-state index in [1.807, 2.05) is 13.0 Å². The number of benzene rings is 2. The first-order valence-electron chi connectivity index (χ1n) is 6.94. The minimum atomic E-state index is -0.0695. The molecular weight excluding hydrogens is 280 g/mol. The van der Waals surface area contributed by atoms with Crippen LogP contribution in [0.15, 0.2) is 46.2 Å². The summed E-state index contributed by atoms with van der Waals surface area (Å²) in [5.74, 6) is -0.0695. The number of anilines is 1. The third-order valence-corrected chi connectivity index (χ3v) is 4.41. The molecule has 2 rings (SSSR count). The van der Waals surface area contributed by atoms with Crippen molar-refractivity contribution in [2.45, 2.75) is 30.6 Å². The number of carbonyl (C=O) groups excluding carboxylic acids is 1. The Morgan fingerprint density at radius 3 is 2.57 bits per heavy atom. The lowest BCUT2D eigenvalue weighted by molar-refractivity contribution is 0.0955. The Morgan fingerprint density at radius 1 is 1.14 bits per heavy atom. The number of hydrogen-bond donors (Lipinski definition) is 2. The Balaban J connectivity index is 2.30. The van der Waals surface area contributed by atoms with Gasteiger partial charge in [-0.05, 0) is 50.6 Å². The maximum Gasteiger partial charge on any atom is 0.251 e. The van der Waals surface area contributed by atoms with Crippen LogP contribution >= 0.6 is 11.8 Å². The number of nitrogens with two attached hydrogens (primary N) is 1. The Morgan fingerprint density at radius 2 is 1.90 bits per heavy atom. The quantitative estimate of drug-likeness (QED) is 0.845. The van der Waals surface area contributed by atoms with Gasteiger partial charge in [0.15, 0.2) is 0 Å². The predicted molar refractivity (Wildman–Crippen MR) is 88.9 cm³/mol. The highest BCUT2D eigenvalue weighted by atomic mass is 32.2. The molecule has 0 spiro atoms. The van der Waals surface area contributed by atoms with Crippen LogP contribution in [-0.4, -0.2) is 12.5 Å². The minimum absolute atomic E-state index is 0.0695. The van der Waals surface area contributed by atoms with E-state index >= 15 is 0 Å². The van der Waals surface area contributed by atoms with Gasteiger partial charge in [0, 0.05) is 27.6 Å². The largest absolute Gasteiger partial charge is 0.398 e. The van der Waals surface area contributed by atoms with Crippen LogP contribution in [0.2, 0.25) is 0 Å². The summed E-state index contributed by atoms with van der Waals surface area (Å²) in [6.45, 7) is 6.67. The molecule has 4 heteroatoms. The van der Waals surface area contributed by atoms with E-state index in [-0.39, 0.29) is 5.91 Å². The SMILES string of the molecule is CCNC(=O)c1ccc(N)c(Sc2ccc(C)cc2C)c1. The average molecular weight is 300 g/mol. The first kappa shape index (κ1) is 15.4. The zero-order chi connectivity index (χ0) is 15.4. The van der Waals surface area contributed by atoms with Crippen molar-refractivity contribution in [1.29, 1.82) is 0 Å². The molecule has 0 saturated carbocycles. The second kappa shape index (κ2) is 6.68. The van der Waals surface area contributed by atoms with Crippen molar-refractivity contribution in [3.8, 4) is 0 Å². The molecule has 0 atom stereocenters. The number of carbonyl (C=O) groups is 1. The van der Waals surface area contributed by atoms with Crippen LogP contribution in [0.25, 0.3) is 0 Å². The summed E-state index contributed by atoms with van der Waals surface area (Å²) in [5.41, 5.74) is 9.81. The minimum Gasteiger partial charge on any atom is -0.398 e. The van der Waals surface area contributed by atoms with Gasteiger partial charge in [-0.2, -0.15) is 0 Å². The fourth-order valence-electron chi connectivity index (χ4n) is 2.06. The van der Waals surface area contributed by atoms with Gasteiger partial charge < -0.3 is 11.1 Å². The molecule has 0 aliphatic carbocycles.